The summed E-state index contributed by atoms with van der Waals surface area (Å²) in [5.41, 5.74) is 1.66. The van der Waals surface area contributed by atoms with Gasteiger partial charge in [0, 0.05) is 6.42 Å². The van der Waals surface area contributed by atoms with Crippen molar-refractivity contribution in [2.45, 2.75) is 26.2 Å². The Morgan fingerprint density at radius 3 is 2.79 bits per heavy atom. The molecule has 0 spiro atoms. The molecule has 0 amide bonds. The lowest BCUT2D eigenvalue weighted by molar-refractivity contribution is -0.137. The van der Waals surface area contributed by atoms with Crippen LogP contribution in [0.5, 0.6) is 5.75 Å². The van der Waals surface area contributed by atoms with Crippen LogP contribution in [0.15, 0.2) is 18.2 Å². The maximum Gasteiger partial charge on any atom is 0.303 e. The quantitative estimate of drug-likeness (QED) is 0.771. The van der Waals surface area contributed by atoms with Crippen LogP contribution in [0.4, 0.5) is 0 Å². The third kappa shape index (κ3) is 2.76. The summed E-state index contributed by atoms with van der Waals surface area (Å²) in [7, 11) is 0. The number of hydrogen-bond donors (Lipinski definition) is 2. The summed E-state index contributed by atoms with van der Waals surface area (Å²) in [5, 5.41) is 18.1. The fraction of sp³-hybridized carbons (Fsp3) is 0.364. The summed E-state index contributed by atoms with van der Waals surface area (Å²) in [5.74, 6) is -0.505. The standard InChI is InChI=1S/C11H14O3/c1-8-4-2-5-9(11(8)14)6-3-7-10(12)13/h2,4-5,14H,3,6-7H2,1H3,(H,12,13). The van der Waals surface area contributed by atoms with E-state index >= 15 is 0 Å². The van der Waals surface area contributed by atoms with Gasteiger partial charge in [0.15, 0.2) is 0 Å². The van der Waals surface area contributed by atoms with E-state index in [0.29, 0.717) is 12.8 Å². The second-order valence-electron chi connectivity index (χ2n) is 3.33. The third-order valence-corrected chi connectivity index (χ3v) is 2.16. The van der Waals surface area contributed by atoms with Crippen LogP contribution in [0.25, 0.3) is 0 Å². The summed E-state index contributed by atoms with van der Waals surface area (Å²) in [4.78, 5) is 10.3. The fourth-order valence-electron chi connectivity index (χ4n) is 1.35. The maximum atomic E-state index is 10.3. The highest BCUT2D eigenvalue weighted by Crippen LogP contribution is 2.22. The van der Waals surface area contributed by atoms with Gasteiger partial charge in [-0.15, -0.1) is 0 Å². The minimum atomic E-state index is -0.794. The van der Waals surface area contributed by atoms with Gasteiger partial charge in [-0.05, 0) is 30.9 Å². The second-order valence-corrected chi connectivity index (χ2v) is 3.33. The fourth-order valence-corrected chi connectivity index (χ4v) is 1.35. The molecule has 76 valence electrons. The molecule has 0 aromatic heterocycles. The van der Waals surface area contributed by atoms with Crippen molar-refractivity contribution in [1.82, 2.24) is 0 Å². The molecule has 2 N–H and O–H groups in total. The van der Waals surface area contributed by atoms with Crippen LogP contribution < -0.4 is 0 Å². The van der Waals surface area contributed by atoms with Crippen LogP contribution >= 0.6 is 0 Å². The molecule has 0 bridgehead atoms. The Hall–Kier alpha value is -1.51. The molecule has 1 aromatic rings. The smallest absolute Gasteiger partial charge is 0.303 e. The molecule has 0 fully saturated rings. The third-order valence-electron chi connectivity index (χ3n) is 2.16. The lowest BCUT2D eigenvalue weighted by atomic mass is 10.0. The van der Waals surface area contributed by atoms with Gasteiger partial charge in [0.05, 0.1) is 0 Å². The van der Waals surface area contributed by atoms with Crippen molar-refractivity contribution in [2.24, 2.45) is 0 Å². The van der Waals surface area contributed by atoms with E-state index in [2.05, 4.69) is 0 Å². The highest BCUT2D eigenvalue weighted by atomic mass is 16.4. The number of phenolic OH excluding ortho intramolecular Hbond substituents is 1. The second kappa shape index (κ2) is 4.65. The molecule has 14 heavy (non-hydrogen) atoms. The molecule has 3 nitrogen and oxygen atoms in total. The van der Waals surface area contributed by atoms with Gasteiger partial charge in [0.2, 0.25) is 0 Å². The Bertz CT molecular complexity index is 331. The molecule has 0 radical (unpaired) electrons. The first kappa shape index (κ1) is 10.6. The Labute approximate surface area is 83.0 Å². The van der Waals surface area contributed by atoms with Gasteiger partial charge >= 0.3 is 5.97 Å². The zero-order chi connectivity index (χ0) is 10.6. The van der Waals surface area contributed by atoms with Gasteiger partial charge in [-0.3, -0.25) is 4.79 Å². The van der Waals surface area contributed by atoms with Crippen molar-refractivity contribution in [3.63, 3.8) is 0 Å². The van der Waals surface area contributed by atoms with Gasteiger partial charge < -0.3 is 10.2 Å². The predicted molar refractivity (Wildman–Crippen MR) is 53.4 cm³/mol. The number of benzene rings is 1. The minimum Gasteiger partial charge on any atom is -0.507 e. The van der Waals surface area contributed by atoms with E-state index < -0.39 is 5.97 Å². The van der Waals surface area contributed by atoms with E-state index in [9.17, 15) is 9.90 Å². The first-order chi connectivity index (χ1) is 6.61. The molecule has 0 aliphatic carbocycles. The highest BCUT2D eigenvalue weighted by Gasteiger charge is 2.04. The van der Waals surface area contributed by atoms with Crippen LogP contribution in [-0.4, -0.2) is 16.2 Å². The summed E-state index contributed by atoms with van der Waals surface area (Å²) < 4.78 is 0. The van der Waals surface area contributed by atoms with Crippen molar-refractivity contribution >= 4 is 5.97 Å². The largest absolute Gasteiger partial charge is 0.507 e. The van der Waals surface area contributed by atoms with E-state index in [0.717, 1.165) is 11.1 Å². The van der Waals surface area contributed by atoms with Crippen molar-refractivity contribution in [1.29, 1.82) is 0 Å². The maximum absolute atomic E-state index is 10.3. The Morgan fingerprint density at radius 2 is 2.14 bits per heavy atom. The predicted octanol–water partition coefficient (Wildman–Crippen LogP) is 2.11. The molecule has 1 rings (SSSR count). The summed E-state index contributed by atoms with van der Waals surface area (Å²) in [6, 6.07) is 5.52. The minimum absolute atomic E-state index is 0.146. The SMILES string of the molecule is Cc1cccc(CCCC(=O)O)c1O. The molecular weight excluding hydrogens is 180 g/mol. The topological polar surface area (TPSA) is 57.5 Å². The normalized spacial score (nSPS) is 10.1. The number of para-hydroxylation sites is 1. The van der Waals surface area contributed by atoms with Crippen molar-refractivity contribution < 1.29 is 15.0 Å². The summed E-state index contributed by atoms with van der Waals surface area (Å²) in [6.07, 6.45) is 1.32. The summed E-state index contributed by atoms with van der Waals surface area (Å²) in [6.45, 7) is 1.83. The number of aromatic hydroxyl groups is 1. The van der Waals surface area contributed by atoms with Crippen LogP contribution in [-0.2, 0) is 11.2 Å². The lowest BCUT2D eigenvalue weighted by Crippen LogP contribution is -1.96. The van der Waals surface area contributed by atoms with Crippen LogP contribution in [0.2, 0.25) is 0 Å². The molecule has 0 aliphatic rings. The first-order valence-corrected chi connectivity index (χ1v) is 4.60. The Balaban J connectivity index is 2.59. The molecule has 0 atom stereocenters. The van der Waals surface area contributed by atoms with Gasteiger partial charge in [0.1, 0.15) is 5.75 Å². The van der Waals surface area contributed by atoms with E-state index in [1.54, 1.807) is 0 Å². The zero-order valence-corrected chi connectivity index (χ0v) is 8.16. The number of rotatable bonds is 4. The molecule has 0 saturated heterocycles. The van der Waals surface area contributed by atoms with Crippen molar-refractivity contribution in [2.75, 3.05) is 0 Å². The van der Waals surface area contributed by atoms with Gasteiger partial charge in [0.25, 0.3) is 0 Å². The molecule has 0 heterocycles. The average Bonchev–Trinajstić information content (AvgIpc) is 2.12. The van der Waals surface area contributed by atoms with E-state index in [1.807, 2.05) is 25.1 Å². The van der Waals surface area contributed by atoms with Crippen LogP contribution in [0.3, 0.4) is 0 Å². The van der Waals surface area contributed by atoms with Crippen LogP contribution in [0.1, 0.15) is 24.0 Å². The van der Waals surface area contributed by atoms with Crippen molar-refractivity contribution in [3.05, 3.63) is 29.3 Å². The van der Waals surface area contributed by atoms with Gasteiger partial charge in [-0.1, -0.05) is 18.2 Å². The molecule has 1 aromatic carbocycles. The number of carbonyl (C=O) groups is 1. The number of aryl methyl sites for hydroxylation is 2. The molecule has 0 unspecified atom stereocenters. The Kier molecular flexibility index (Phi) is 3.51. The number of carboxylic acid groups (broad SMARTS) is 1. The number of phenols is 1. The highest BCUT2D eigenvalue weighted by molar-refractivity contribution is 5.66. The lowest BCUT2D eigenvalue weighted by Gasteiger charge is -2.05. The zero-order valence-electron chi connectivity index (χ0n) is 8.16. The van der Waals surface area contributed by atoms with Gasteiger partial charge in [-0.25, -0.2) is 0 Å². The first-order valence-electron chi connectivity index (χ1n) is 4.60. The average molecular weight is 194 g/mol. The molecule has 3 heteroatoms. The molecule has 0 saturated carbocycles. The molecular formula is C11H14O3. The Morgan fingerprint density at radius 1 is 1.43 bits per heavy atom. The summed E-state index contributed by atoms with van der Waals surface area (Å²) >= 11 is 0. The van der Waals surface area contributed by atoms with E-state index in [4.69, 9.17) is 5.11 Å². The van der Waals surface area contributed by atoms with E-state index in [1.165, 1.54) is 0 Å². The number of aliphatic carboxylic acids is 1. The number of hydrogen-bond acceptors (Lipinski definition) is 2. The van der Waals surface area contributed by atoms with Gasteiger partial charge in [-0.2, -0.15) is 0 Å². The monoisotopic (exact) mass is 194 g/mol. The number of carboxylic acids is 1. The van der Waals surface area contributed by atoms with Crippen molar-refractivity contribution in [3.8, 4) is 5.75 Å². The van der Waals surface area contributed by atoms with Crippen LogP contribution in [0, 0.1) is 6.92 Å². The van der Waals surface area contributed by atoms with E-state index in [-0.39, 0.29) is 12.2 Å². The molecule has 0 aliphatic heterocycles.